The van der Waals surface area contributed by atoms with Crippen LogP contribution < -0.4 is 16.2 Å². The average molecular weight is 417 g/mol. The summed E-state index contributed by atoms with van der Waals surface area (Å²) < 4.78 is 13.7. The van der Waals surface area contributed by atoms with E-state index in [1.807, 2.05) is 0 Å². The highest BCUT2D eigenvalue weighted by Crippen LogP contribution is 2.32. The average Bonchev–Trinajstić information content (AvgIpc) is 2.69. The van der Waals surface area contributed by atoms with E-state index in [0.717, 1.165) is 18.0 Å². The maximum atomic E-state index is 13.7. The van der Waals surface area contributed by atoms with Gasteiger partial charge in [0.1, 0.15) is 12.1 Å². The van der Waals surface area contributed by atoms with Gasteiger partial charge in [-0.2, -0.15) is 0 Å². The van der Waals surface area contributed by atoms with Crippen molar-refractivity contribution in [3.05, 3.63) is 80.9 Å². The summed E-state index contributed by atoms with van der Waals surface area (Å²) in [6, 6.07) is 10.3. The van der Waals surface area contributed by atoms with Crippen molar-refractivity contribution in [1.29, 1.82) is 0 Å². The molecule has 9 nitrogen and oxygen atoms in total. The molecular formula is C18H14ClFN6O3. The van der Waals surface area contributed by atoms with E-state index >= 15 is 0 Å². The first-order valence-corrected chi connectivity index (χ1v) is 8.58. The van der Waals surface area contributed by atoms with Crippen molar-refractivity contribution in [3.8, 4) is 0 Å². The maximum Gasteiger partial charge on any atom is 0.355 e. The Kier molecular flexibility index (Phi) is 5.84. The highest BCUT2D eigenvalue weighted by molar-refractivity contribution is 6.30. The number of nitrogens with zero attached hydrogens (tertiary/aromatic N) is 3. The van der Waals surface area contributed by atoms with Crippen LogP contribution in [0.2, 0.25) is 5.02 Å². The molecule has 1 heterocycles. The third kappa shape index (κ3) is 4.55. The number of rotatable bonds is 6. The Labute approximate surface area is 169 Å². The molecule has 1 amide bonds. The van der Waals surface area contributed by atoms with Gasteiger partial charge < -0.3 is 5.32 Å². The molecule has 0 aliphatic heterocycles. The number of anilines is 3. The SMILES string of the molecule is Cc1ccc(Cl)cc1Nc1ncnc(NNC(=O)c2ccccc2F)c1[N+](=O)[O-]. The first-order valence-electron chi connectivity index (χ1n) is 8.20. The summed E-state index contributed by atoms with van der Waals surface area (Å²) >= 11 is 5.98. The van der Waals surface area contributed by atoms with Crippen molar-refractivity contribution in [2.24, 2.45) is 0 Å². The molecule has 0 radical (unpaired) electrons. The Bertz CT molecular complexity index is 1090. The van der Waals surface area contributed by atoms with E-state index in [4.69, 9.17) is 11.6 Å². The lowest BCUT2D eigenvalue weighted by Crippen LogP contribution is -2.31. The smallest absolute Gasteiger partial charge is 0.334 e. The van der Waals surface area contributed by atoms with E-state index in [2.05, 4.69) is 26.1 Å². The third-order valence-corrected chi connectivity index (χ3v) is 4.11. The lowest BCUT2D eigenvalue weighted by molar-refractivity contribution is -0.383. The molecule has 3 N–H and O–H groups in total. The number of amides is 1. The molecule has 0 aliphatic carbocycles. The predicted molar refractivity (Wildman–Crippen MR) is 106 cm³/mol. The van der Waals surface area contributed by atoms with Crippen molar-refractivity contribution in [3.63, 3.8) is 0 Å². The Hall–Kier alpha value is -3.79. The van der Waals surface area contributed by atoms with E-state index in [1.54, 1.807) is 25.1 Å². The summed E-state index contributed by atoms with van der Waals surface area (Å²) in [4.78, 5) is 30.7. The monoisotopic (exact) mass is 416 g/mol. The van der Waals surface area contributed by atoms with Crippen molar-refractivity contribution in [2.75, 3.05) is 10.7 Å². The first kappa shape index (κ1) is 20.0. The van der Waals surface area contributed by atoms with Crippen LogP contribution in [0.4, 0.5) is 27.4 Å². The summed E-state index contributed by atoms with van der Waals surface area (Å²) in [7, 11) is 0. The molecule has 2 aromatic carbocycles. The van der Waals surface area contributed by atoms with Crippen molar-refractivity contribution < 1.29 is 14.1 Å². The van der Waals surface area contributed by atoms with Crippen LogP contribution in [0.25, 0.3) is 0 Å². The lowest BCUT2D eigenvalue weighted by atomic mass is 10.2. The minimum Gasteiger partial charge on any atom is -0.334 e. The van der Waals surface area contributed by atoms with Gasteiger partial charge in [-0.15, -0.1) is 0 Å². The number of aryl methyl sites for hydroxylation is 1. The molecule has 11 heteroatoms. The second-order valence-corrected chi connectivity index (χ2v) is 6.26. The van der Waals surface area contributed by atoms with Crippen LogP contribution in [0, 0.1) is 22.9 Å². The molecule has 0 bridgehead atoms. The van der Waals surface area contributed by atoms with Crippen molar-refractivity contribution >= 4 is 40.5 Å². The van der Waals surface area contributed by atoms with Crippen LogP contribution in [-0.2, 0) is 0 Å². The quantitative estimate of drug-likeness (QED) is 0.410. The van der Waals surface area contributed by atoms with Gasteiger partial charge in [0.15, 0.2) is 0 Å². The molecule has 0 atom stereocenters. The highest BCUT2D eigenvalue weighted by atomic mass is 35.5. The number of hydrogen-bond donors (Lipinski definition) is 3. The number of nitrogens with one attached hydrogen (secondary N) is 3. The summed E-state index contributed by atoms with van der Waals surface area (Å²) in [6.07, 6.45) is 1.08. The van der Waals surface area contributed by atoms with Gasteiger partial charge in [-0.05, 0) is 36.8 Å². The number of aromatic nitrogens is 2. The normalized spacial score (nSPS) is 10.3. The Balaban J connectivity index is 1.87. The number of benzene rings is 2. The van der Waals surface area contributed by atoms with Gasteiger partial charge in [0.25, 0.3) is 5.91 Å². The summed E-state index contributed by atoms with van der Waals surface area (Å²) in [5, 5.41) is 14.9. The van der Waals surface area contributed by atoms with Crippen LogP contribution in [0.15, 0.2) is 48.8 Å². The van der Waals surface area contributed by atoms with Gasteiger partial charge >= 0.3 is 5.69 Å². The van der Waals surface area contributed by atoms with E-state index in [0.29, 0.717) is 10.7 Å². The standard InChI is InChI=1S/C18H14ClFN6O3/c1-10-6-7-11(19)8-14(10)23-16-15(26(28)29)17(22-9-21-16)24-25-18(27)12-4-2-3-5-13(12)20/h2-9H,1H3,(H,25,27)(H2,21,22,23,24). The number of hydrogen-bond acceptors (Lipinski definition) is 7. The zero-order valence-electron chi connectivity index (χ0n) is 14.9. The van der Waals surface area contributed by atoms with E-state index < -0.39 is 22.3 Å². The number of halogens is 2. The molecule has 0 saturated heterocycles. The van der Waals surface area contributed by atoms with Crippen LogP contribution >= 0.6 is 11.6 Å². The molecular weight excluding hydrogens is 403 g/mol. The number of carbonyl (C=O) groups excluding carboxylic acids is 1. The molecule has 3 rings (SSSR count). The van der Waals surface area contributed by atoms with E-state index in [-0.39, 0.29) is 17.2 Å². The molecule has 0 fully saturated rings. The van der Waals surface area contributed by atoms with Gasteiger partial charge in [-0.25, -0.2) is 14.4 Å². The van der Waals surface area contributed by atoms with Gasteiger partial charge in [0, 0.05) is 10.7 Å². The Morgan fingerprint density at radius 1 is 1.17 bits per heavy atom. The van der Waals surface area contributed by atoms with Crippen LogP contribution in [0.5, 0.6) is 0 Å². The molecule has 1 aromatic heterocycles. The van der Waals surface area contributed by atoms with Crippen molar-refractivity contribution in [2.45, 2.75) is 6.92 Å². The third-order valence-electron chi connectivity index (χ3n) is 3.87. The molecule has 0 unspecified atom stereocenters. The van der Waals surface area contributed by atoms with Crippen LogP contribution in [0.1, 0.15) is 15.9 Å². The van der Waals surface area contributed by atoms with E-state index in [9.17, 15) is 19.3 Å². The fourth-order valence-corrected chi connectivity index (χ4v) is 2.59. The summed E-state index contributed by atoms with van der Waals surface area (Å²) in [5.41, 5.74) is 5.09. The van der Waals surface area contributed by atoms with Crippen LogP contribution in [-0.4, -0.2) is 20.8 Å². The zero-order valence-corrected chi connectivity index (χ0v) is 15.7. The first-order chi connectivity index (χ1) is 13.9. The number of nitro groups is 1. The molecule has 0 aliphatic rings. The molecule has 3 aromatic rings. The van der Waals surface area contributed by atoms with Crippen molar-refractivity contribution in [1.82, 2.24) is 15.4 Å². The summed E-state index contributed by atoms with van der Waals surface area (Å²) in [5.74, 6) is -1.95. The second-order valence-electron chi connectivity index (χ2n) is 5.82. The second kappa shape index (κ2) is 8.48. The number of carbonyl (C=O) groups is 1. The molecule has 29 heavy (non-hydrogen) atoms. The minimum atomic E-state index is -0.823. The van der Waals surface area contributed by atoms with Crippen LogP contribution in [0.3, 0.4) is 0 Å². The van der Waals surface area contributed by atoms with Gasteiger partial charge in [0.05, 0.1) is 10.5 Å². The fraction of sp³-hybridized carbons (Fsp3) is 0.0556. The number of hydrazine groups is 1. The fourth-order valence-electron chi connectivity index (χ4n) is 2.42. The topological polar surface area (TPSA) is 122 Å². The molecule has 0 spiro atoms. The largest absolute Gasteiger partial charge is 0.355 e. The Morgan fingerprint density at radius 3 is 2.62 bits per heavy atom. The van der Waals surface area contributed by atoms with E-state index in [1.165, 1.54) is 18.2 Å². The lowest BCUT2D eigenvalue weighted by Gasteiger charge is -2.12. The minimum absolute atomic E-state index is 0.113. The van der Waals surface area contributed by atoms with Gasteiger partial charge in [-0.1, -0.05) is 29.8 Å². The maximum absolute atomic E-state index is 13.7. The highest BCUT2D eigenvalue weighted by Gasteiger charge is 2.24. The predicted octanol–water partition coefficient (Wildman–Crippen LogP) is 3.99. The molecule has 0 saturated carbocycles. The van der Waals surface area contributed by atoms with Gasteiger partial charge in [-0.3, -0.25) is 25.8 Å². The summed E-state index contributed by atoms with van der Waals surface area (Å²) in [6.45, 7) is 1.79. The Morgan fingerprint density at radius 2 is 1.90 bits per heavy atom. The zero-order chi connectivity index (χ0) is 21.0. The van der Waals surface area contributed by atoms with Gasteiger partial charge in [0.2, 0.25) is 11.6 Å². The molecule has 148 valence electrons.